The Morgan fingerprint density at radius 2 is 1.79 bits per heavy atom. The van der Waals surface area contributed by atoms with Crippen molar-refractivity contribution >= 4 is 40.0 Å². The Balaban J connectivity index is 2.13. The number of carbonyl (C=O) groups is 2. The summed E-state index contributed by atoms with van der Waals surface area (Å²) in [5.74, 6) is 0.443. The van der Waals surface area contributed by atoms with Crippen LogP contribution >= 0.6 is 22.6 Å². The number of anilines is 1. The summed E-state index contributed by atoms with van der Waals surface area (Å²) in [5, 5.41) is 2.78. The highest BCUT2D eigenvalue weighted by molar-refractivity contribution is 14.1. The number of methoxy groups -OCH3 is 1. The van der Waals surface area contributed by atoms with Gasteiger partial charge in [-0.15, -0.1) is 0 Å². The molecule has 5 nitrogen and oxygen atoms in total. The van der Waals surface area contributed by atoms with E-state index in [1.165, 1.54) is 14.0 Å². The number of rotatable bonds is 6. The Kier molecular flexibility index (Phi) is 6.19. The van der Waals surface area contributed by atoms with Gasteiger partial charge in [-0.2, -0.15) is 0 Å². The Hall–Kier alpha value is -2.09. The molecule has 6 heteroatoms. The molecule has 0 spiro atoms. The van der Waals surface area contributed by atoms with Crippen molar-refractivity contribution in [3.63, 3.8) is 0 Å². The lowest BCUT2D eigenvalue weighted by atomic mass is 10.1. The molecule has 24 heavy (non-hydrogen) atoms. The maximum atomic E-state index is 12.3. The second-order valence-corrected chi connectivity index (χ2v) is 6.42. The van der Waals surface area contributed by atoms with Crippen molar-refractivity contribution < 1.29 is 19.1 Å². The van der Waals surface area contributed by atoms with E-state index in [1.807, 2.05) is 24.3 Å². The molecule has 0 heterocycles. The minimum atomic E-state index is -0.769. The number of Topliss-reactive ketones (excluding diaryl/α,β-unsaturated/α-hetero) is 1. The van der Waals surface area contributed by atoms with Crippen molar-refractivity contribution in [1.82, 2.24) is 0 Å². The molecule has 0 saturated heterocycles. The highest BCUT2D eigenvalue weighted by Gasteiger charge is 2.18. The van der Waals surface area contributed by atoms with Gasteiger partial charge in [0.05, 0.1) is 12.7 Å². The molecule has 126 valence electrons. The summed E-state index contributed by atoms with van der Waals surface area (Å²) in [7, 11) is 1.53. The van der Waals surface area contributed by atoms with Gasteiger partial charge in [0.1, 0.15) is 11.5 Å². The second kappa shape index (κ2) is 8.14. The molecule has 2 rings (SSSR count). The van der Waals surface area contributed by atoms with Crippen LogP contribution in [-0.4, -0.2) is 24.9 Å². The highest BCUT2D eigenvalue weighted by atomic mass is 127. The van der Waals surface area contributed by atoms with Crippen LogP contribution < -0.4 is 14.8 Å². The van der Waals surface area contributed by atoms with Gasteiger partial charge in [-0.25, -0.2) is 0 Å². The molecule has 0 aromatic heterocycles. The smallest absolute Gasteiger partial charge is 0.265 e. The van der Waals surface area contributed by atoms with E-state index < -0.39 is 6.10 Å². The van der Waals surface area contributed by atoms with Gasteiger partial charge in [-0.3, -0.25) is 9.59 Å². The Morgan fingerprint density at radius 3 is 2.38 bits per heavy atom. The lowest BCUT2D eigenvalue weighted by molar-refractivity contribution is -0.122. The van der Waals surface area contributed by atoms with Crippen LogP contribution in [0.2, 0.25) is 0 Å². The Bertz CT molecular complexity index is 743. The SMILES string of the molecule is COc1ccc(C(C)=O)c(OC(C)C(=O)Nc2ccc(I)cc2)c1. The van der Waals surface area contributed by atoms with Gasteiger partial charge >= 0.3 is 0 Å². The zero-order chi connectivity index (χ0) is 17.7. The van der Waals surface area contributed by atoms with E-state index in [9.17, 15) is 9.59 Å². The molecule has 0 aliphatic heterocycles. The predicted molar refractivity (Wildman–Crippen MR) is 101 cm³/mol. The quantitative estimate of drug-likeness (QED) is 0.548. The van der Waals surface area contributed by atoms with Gasteiger partial charge in [0.15, 0.2) is 11.9 Å². The van der Waals surface area contributed by atoms with E-state index in [0.717, 1.165) is 3.57 Å². The van der Waals surface area contributed by atoms with E-state index in [-0.39, 0.29) is 11.7 Å². The maximum absolute atomic E-state index is 12.3. The standard InChI is InChI=1S/C18H18INO4/c1-11(21)16-9-8-15(23-3)10-17(16)24-12(2)18(22)20-14-6-4-13(19)5-7-14/h4-10,12H,1-3H3,(H,20,22). The molecule has 0 bridgehead atoms. The van der Waals surface area contributed by atoms with Crippen molar-refractivity contribution in [2.75, 3.05) is 12.4 Å². The van der Waals surface area contributed by atoms with Gasteiger partial charge in [-0.1, -0.05) is 0 Å². The summed E-state index contributed by atoms with van der Waals surface area (Å²) in [6.07, 6.45) is -0.769. The van der Waals surface area contributed by atoms with Gasteiger partial charge < -0.3 is 14.8 Å². The lowest BCUT2D eigenvalue weighted by Gasteiger charge is -2.17. The first-order valence-corrected chi connectivity index (χ1v) is 8.40. The first kappa shape index (κ1) is 18.3. The first-order chi connectivity index (χ1) is 11.4. The van der Waals surface area contributed by atoms with E-state index in [2.05, 4.69) is 27.9 Å². The molecule has 0 aliphatic rings. The third kappa shape index (κ3) is 4.70. The molecule has 0 fully saturated rings. The number of hydrogen-bond acceptors (Lipinski definition) is 4. The maximum Gasteiger partial charge on any atom is 0.265 e. The zero-order valence-electron chi connectivity index (χ0n) is 13.6. The third-order valence-corrected chi connectivity index (χ3v) is 4.07. The van der Waals surface area contributed by atoms with Gasteiger partial charge in [0, 0.05) is 15.3 Å². The largest absolute Gasteiger partial charge is 0.497 e. The molecule has 1 unspecified atom stereocenters. The molecule has 1 atom stereocenters. The van der Waals surface area contributed by atoms with Crippen LogP contribution in [0.15, 0.2) is 42.5 Å². The molecule has 0 aliphatic carbocycles. The normalized spacial score (nSPS) is 11.5. The number of hydrogen-bond donors (Lipinski definition) is 1. The topological polar surface area (TPSA) is 64.6 Å². The van der Waals surface area contributed by atoms with Crippen molar-refractivity contribution in [2.45, 2.75) is 20.0 Å². The van der Waals surface area contributed by atoms with Gasteiger partial charge in [0.2, 0.25) is 0 Å². The van der Waals surface area contributed by atoms with E-state index >= 15 is 0 Å². The van der Waals surface area contributed by atoms with Crippen LogP contribution in [-0.2, 0) is 4.79 Å². The summed E-state index contributed by atoms with van der Waals surface area (Å²) in [4.78, 5) is 24.0. The number of ketones is 1. The molecule has 1 amide bonds. The van der Waals surface area contributed by atoms with E-state index in [4.69, 9.17) is 9.47 Å². The van der Waals surface area contributed by atoms with Crippen molar-refractivity contribution in [1.29, 1.82) is 0 Å². The molecular weight excluding hydrogens is 421 g/mol. The van der Waals surface area contributed by atoms with Crippen LogP contribution in [0.5, 0.6) is 11.5 Å². The first-order valence-electron chi connectivity index (χ1n) is 7.32. The minimum Gasteiger partial charge on any atom is -0.497 e. The van der Waals surface area contributed by atoms with Crippen molar-refractivity contribution in [3.8, 4) is 11.5 Å². The fourth-order valence-corrected chi connectivity index (χ4v) is 2.40. The predicted octanol–water partition coefficient (Wildman–Crippen LogP) is 3.91. The van der Waals surface area contributed by atoms with Crippen LogP contribution in [0.4, 0.5) is 5.69 Å². The summed E-state index contributed by atoms with van der Waals surface area (Å²) in [5.41, 5.74) is 1.10. The number of ether oxygens (including phenoxy) is 2. The Labute approximate surface area is 154 Å². The van der Waals surface area contributed by atoms with E-state index in [0.29, 0.717) is 22.7 Å². The molecular formula is C18H18INO4. The zero-order valence-corrected chi connectivity index (χ0v) is 15.8. The molecule has 1 N–H and O–H groups in total. The molecule has 0 radical (unpaired) electrons. The van der Waals surface area contributed by atoms with Crippen LogP contribution in [0, 0.1) is 3.57 Å². The average molecular weight is 439 g/mol. The van der Waals surface area contributed by atoms with Crippen molar-refractivity contribution in [2.24, 2.45) is 0 Å². The van der Waals surface area contributed by atoms with Crippen LogP contribution in [0.3, 0.4) is 0 Å². The number of benzene rings is 2. The second-order valence-electron chi connectivity index (χ2n) is 5.17. The van der Waals surface area contributed by atoms with Crippen LogP contribution in [0.1, 0.15) is 24.2 Å². The molecule has 0 saturated carbocycles. The van der Waals surface area contributed by atoms with Crippen LogP contribution in [0.25, 0.3) is 0 Å². The molecule has 2 aromatic carbocycles. The average Bonchev–Trinajstić information content (AvgIpc) is 2.56. The Morgan fingerprint density at radius 1 is 1.12 bits per heavy atom. The number of amides is 1. The lowest BCUT2D eigenvalue weighted by Crippen LogP contribution is -2.30. The number of nitrogens with one attached hydrogen (secondary N) is 1. The van der Waals surface area contributed by atoms with Gasteiger partial charge in [0.25, 0.3) is 5.91 Å². The summed E-state index contributed by atoms with van der Waals surface area (Å²) in [6, 6.07) is 12.3. The molecule has 2 aromatic rings. The minimum absolute atomic E-state index is 0.141. The monoisotopic (exact) mass is 439 g/mol. The number of carbonyl (C=O) groups excluding carboxylic acids is 2. The number of halogens is 1. The van der Waals surface area contributed by atoms with Gasteiger partial charge in [-0.05, 0) is 72.8 Å². The fraction of sp³-hybridized carbons (Fsp3) is 0.222. The fourth-order valence-electron chi connectivity index (χ4n) is 2.04. The van der Waals surface area contributed by atoms with Crippen molar-refractivity contribution in [3.05, 3.63) is 51.6 Å². The van der Waals surface area contributed by atoms with E-state index in [1.54, 1.807) is 25.1 Å². The highest BCUT2D eigenvalue weighted by Crippen LogP contribution is 2.26. The summed E-state index contributed by atoms with van der Waals surface area (Å²) >= 11 is 2.19. The summed E-state index contributed by atoms with van der Waals surface area (Å²) < 4.78 is 11.9. The third-order valence-electron chi connectivity index (χ3n) is 3.35. The summed E-state index contributed by atoms with van der Waals surface area (Å²) in [6.45, 7) is 3.08.